The van der Waals surface area contributed by atoms with Gasteiger partial charge in [0.1, 0.15) is 0 Å². The number of amides is 1. The summed E-state index contributed by atoms with van der Waals surface area (Å²) in [7, 11) is -3.58. The highest BCUT2D eigenvalue weighted by molar-refractivity contribution is 9.10. The Morgan fingerprint density at radius 1 is 0.882 bits per heavy atom. The van der Waals surface area contributed by atoms with Crippen LogP contribution in [0.3, 0.4) is 0 Å². The average molecular weight is 544 g/mol. The van der Waals surface area contributed by atoms with E-state index in [2.05, 4.69) is 22.0 Å². The van der Waals surface area contributed by atoms with Crippen LogP contribution in [0.1, 0.15) is 73.7 Å². The number of nitrogens with zero attached hydrogens (tertiary/aromatic N) is 2. The van der Waals surface area contributed by atoms with Crippen LogP contribution in [0, 0.1) is 5.41 Å². The molecule has 7 heteroatoms. The van der Waals surface area contributed by atoms with E-state index in [1.807, 2.05) is 17.0 Å². The average Bonchev–Trinajstić information content (AvgIpc) is 3.56. The summed E-state index contributed by atoms with van der Waals surface area (Å²) in [4.78, 5) is 15.9. The number of carbonyl (C=O) groups is 1. The summed E-state index contributed by atoms with van der Waals surface area (Å²) in [5, 5.41) is 0. The summed E-state index contributed by atoms with van der Waals surface area (Å²) < 4.78 is 29.1. The van der Waals surface area contributed by atoms with Crippen LogP contribution in [0.4, 0.5) is 5.69 Å². The van der Waals surface area contributed by atoms with Crippen molar-refractivity contribution in [2.24, 2.45) is 5.41 Å². The van der Waals surface area contributed by atoms with Crippen molar-refractivity contribution in [1.29, 1.82) is 0 Å². The summed E-state index contributed by atoms with van der Waals surface area (Å²) in [5.41, 5.74) is 3.26. The van der Waals surface area contributed by atoms with E-state index in [1.165, 1.54) is 31.2 Å². The first kappa shape index (κ1) is 22.7. The molecular weight excluding hydrogens is 512 g/mol. The van der Waals surface area contributed by atoms with Crippen LogP contribution in [0.15, 0.2) is 51.8 Å². The van der Waals surface area contributed by atoms with Crippen LogP contribution in [0.2, 0.25) is 0 Å². The predicted octanol–water partition coefficient (Wildman–Crippen LogP) is 5.88. The van der Waals surface area contributed by atoms with Crippen molar-refractivity contribution in [3.8, 4) is 0 Å². The van der Waals surface area contributed by atoms with E-state index in [9.17, 15) is 13.2 Å². The quantitative estimate of drug-likeness (QED) is 0.486. The number of anilines is 1. The van der Waals surface area contributed by atoms with Crippen LogP contribution in [-0.2, 0) is 15.4 Å². The van der Waals surface area contributed by atoms with E-state index < -0.39 is 10.0 Å². The summed E-state index contributed by atoms with van der Waals surface area (Å²) >= 11 is 3.65. The summed E-state index contributed by atoms with van der Waals surface area (Å²) in [6, 6.07) is 12.9. The molecule has 1 amide bonds. The number of hydrogen-bond donors (Lipinski definition) is 0. The molecule has 0 bridgehead atoms. The fourth-order valence-electron chi connectivity index (χ4n) is 6.39. The third-order valence-corrected chi connectivity index (χ3v) is 11.2. The number of carbonyl (C=O) groups excluding carboxylic acids is 1. The van der Waals surface area contributed by atoms with Gasteiger partial charge in [0.15, 0.2) is 0 Å². The maximum Gasteiger partial charge on any atom is 0.258 e. The lowest BCUT2D eigenvalue weighted by atomic mass is 9.66. The van der Waals surface area contributed by atoms with E-state index >= 15 is 0 Å². The lowest BCUT2D eigenvalue weighted by molar-refractivity contribution is 0.0980. The Labute approximate surface area is 210 Å². The molecule has 2 aromatic rings. The summed E-state index contributed by atoms with van der Waals surface area (Å²) in [6.45, 7) is 1.79. The summed E-state index contributed by atoms with van der Waals surface area (Å²) in [5.74, 6) is -0.108. The molecular formula is C27H31BrN2O3S. The fraction of sp³-hybridized carbons (Fsp3) is 0.519. The van der Waals surface area contributed by atoms with Gasteiger partial charge in [-0.25, -0.2) is 8.42 Å². The predicted molar refractivity (Wildman–Crippen MR) is 137 cm³/mol. The molecule has 0 N–H and O–H groups in total. The molecule has 2 saturated carbocycles. The highest BCUT2D eigenvalue weighted by Gasteiger charge is 2.53. The zero-order chi connectivity index (χ0) is 23.6. The molecule has 2 aliphatic heterocycles. The van der Waals surface area contributed by atoms with Crippen LogP contribution in [0.25, 0.3) is 0 Å². The van der Waals surface area contributed by atoms with Gasteiger partial charge in [0.25, 0.3) is 5.91 Å². The molecule has 2 heterocycles. The molecule has 2 spiro atoms. The first-order valence-electron chi connectivity index (χ1n) is 12.5. The maximum atomic E-state index is 13.8. The monoisotopic (exact) mass is 542 g/mol. The number of rotatable bonds is 3. The lowest BCUT2D eigenvalue weighted by Crippen LogP contribution is -2.40. The Bertz CT molecular complexity index is 1240. The highest BCUT2D eigenvalue weighted by atomic mass is 79.9. The van der Waals surface area contributed by atoms with Crippen LogP contribution >= 0.6 is 15.9 Å². The van der Waals surface area contributed by atoms with Crippen LogP contribution in [0.5, 0.6) is 0 Å². The van der Waals surface area contributed by atoms with Gasteiger partial charge < -0.3 is 4.90 Å². The molecule has 3 fully saturated rings. The highest BCUT2D eigenvalue weighted by Crippen LogP contribution is 2.62. The Morgan fingerprint density at radius 3 is 2.29 bits per heavy atom. The number of hydrogen-bond acceptors (Lipinski definition) is 3. The van der Waals surface area contributed by atoms with E-state index in [4.69, 9.17) is 0 Å². The van der Waals surface area contributed by atoms with Crippen LogP contribution in [-0.4, -0.2) is 38.3 Å². The van der Waals surface area contributed by atoms with Gasteiger partial charge in [-0.2, -0.15) is 4.31 Å². The number of benzene rings is 2. The molecule has 34 heavy (non-hydrogen) atoms. The zero-order valence-corrected chi connectivity index (χ0v) is 21.8. The van der Waals surface area contributed by atoms with Gasteiger partial charge in [-0.3, -0.25) is 4.79 Å². The Morgan fingerprint density at radius 2 is 1.59 bits per heavy atom. The molecule has 180 valence electrons. The summed E-state index contributed by atoms with van der Waals surface area (Å²) in [6.07, 6.45) is 10.3. The van der Waals surface area contributed by atoms with E-state index in [1.54, 1.807) is 28.6 Å². The van der Waals surface area contributed by atoms with E-state index in [0.29, 0.717) is 30.6 Å². The minimum Gasteiger partial charge on any atom is -0.307 e. The first-order valence-corrected chi connectivity index (χ1v) is 14.8. The van der Waals surface area contributed by atoms with E-state index in [0.717, 1.165) is 42.3 Å². The van der Waals surface area contributed by atoms with Gasteiger partial charge >= 0.3 is 0 Å². The second-order valence-electron chi connectivity index (χ2n) is 10.8. The Kier molecular flexibility index (Phi) is 5.47. The molecule has 0 radical (unpaired) electrons. The molecule has 5 nitrogen and oxygen atoms in total. The van der Waals surface area contributed by atoms with Crippen molar-refractivity contribution in [1.82, 2.24) is 4.31 Å². The molecule has 1 saturated heterocycles. The fourth-order valence-corrected chi connectivity index (χ4v) is 8.31. The SMILES string of the molecule is O=C(c1cccc(S(=O)(=O)N2CCCCC2)c1)N1CC2(CCC3(CC3)CC2)c2cc(Br)ccc21. The zero-order valence-electron chi connectivity index (χ0n) is 19.4. The second kappa shape index (κ2) is 8.17. The smallest absolute Gasteiger partial charge is 0.258 e. The van der Waals surface area contributed by atoms with Gasteiger partial charge in [-0.15, -0.1) is 0 Å². The lowest BCUT2D eigenvalue weighted by Gasteiger charge is -2.38. The molecule has 2 aliphatic carbocycles. The van der Waals surface area contributed by atoms with Gasteiger partial charge in [0.05, 0.1) is 4.90 Å². The van der Waals surface area contributed by atoms with Crippen molar-refractivity contribution in [2.45, 2.75) is 68.1 Å². The van der Waals surface area contributed by atoms with Gasteiger partial charge in [0.2, 0.25) is 10.0 Å². The molecule has 4 aliphatic rings. The minimum atomic E-state index is -3.58. The number of piperidine rings is 1. The van der Waals surface area contributed by atoms with Crippen molar-refractivity contribution in [3.05, 3.63) is 58.1 Å². The number of sulfonamides is 1. The number of fused-ring (bicyclic) bond motifs is 2. The van der Waals surface area contributed by atoms with Gasteiger partial charge in [0, 0.05) is 40.8 Å². The van der Waals surface area contributed by atoms with Crippen molar-refractivity contribution in [3.63, 3.8) is 0 Å². The standard InChI is InChI=1S/C27H31BrN2O3S/c28-21-7-8-24-23(18-21)27(13-11-26(9-10-26)12-14-27)19-30(24)25(31)20-5-4-6-22(17-20)34(32,33)29-15-2-1-3-16-29/h4-8,17-18H,1-3,9-16,19H2. The van der Waals surface area contributed by atoms with E-state index in [-0.39, 0.29) is 16.2 Å². The van der Waals surface area contributed by atoms with Gasteiger partial charge in [-0.05, 0) is 98.7 Å². The molecule has 0 unspecified atom stereocenters. The second-order valence-corrected chi connectivity index (χ2v) is 13.7. The minimum absolute atomic E-state index is 0.000100. The van der Waals surface area contributed by atoms with Crippen molar-refractivity contribution in [2.75, 3.05) is 24.5 Å². The Hall–Kier alpha value is -1.70. The van der Waals surface area contributed by atoms with Gasteiger partial charge in [-0.1, -0.05) is 28.4 Å². The Balaban J connectivity index is 1.32. The molecule has 6 rings (SSSR count). The normalized spacial score (nSPS) is 23.3. The molecule has 0 atom stereocenters. The number of halogens is 1. The van der Waals surface area contributed by atoms with Crippen molar-refractivity contribution >= 4 is 37.5 Å². The molecule has 2 aromatic carbocycles. The largest absolute Gasteiger partial charge is 0.307 e. The third kappa shape index (κ3) is 3.75. The van der Waals surface area contributed by atoms with Crippen molar-refractivity contribution < 1.29 is 13.2 Å². The maximum absolute atomic E-state index is 13.8. The van der Waals surface area contributed by atoms with Crippen LogP contribution < -0.4 is 4.90 Å². The third-order valence-electron chi connectivity index (χ3n) is 8.79. The molecule has 0 aromatic heterocycles. The first-order chi connectivity index (χ1) is 16.3. The topological polar surface area (TPSA) is 57.7 Å².